The molecular formula is C29H33Cl2N3O4S. The number of hydrogen-bond donors (Lipinski definition) is 1. The Morgan fingerprint density at radius 1 is 0.949 bits per heavy atom. The molecule has 0 radical (unpaired) electrons. The van der Waals surface area contributed by atoms with Gasteiger partial charge in [-0.25, -0.2) is 8.42 Å². The Morgan fingerprint density at radius 2 is 1.62 bits per heavy atom. The van der Waals surface area contributed by atoms with Crippen LogP contribution in [0.3, 0.4) is 0 Å². The highest BCUT2D eigenvalue weighted by atomic mass is 35.5. The Hall–Kier alpha value is -3.07. The van der Waals surface area contributed by atoms with Crippen molar-refractivity contribution in [3.8, 4) is 0 Å². The first-order valence-electron chi connectivity index (χ1n) is 12.6. The molecule has 7 nitrogen and oxygen atoms in total. The van der Waals surface area contributed by atoms with Crippen LogP contribution in [0, 0.1) is 6.92 Å². The van der Waals surface area contributed by atoms with Crippen LogP contribution >= 0.6 is 23.2 Å². The van der Waals surface area contributed by atoms with E-state index in [1.807, 2.05) is 52.0 Å². The highest BCUT2D eigenvalue weighted by Gasteiger charge is 2.34. The first kappa shape index (κ1) is 30.5. The Morgan fingerprint density at radius 3 is 2.23 bits per heavy atom. The molecule has 0 fully saturated rings. The van der Waals surface area contributed by atoms with Crippen LogP contribution in [0.2, 0.25) is 10.0 Å². The van der Waals surface area contributed by atoms with E-state index in [-0.39, 0.29) is 39.1 Å². The molecule has 3 rings (SSSR count). The molecule has 3 aromatic rings. The minimum Gasteiger partial charge on any atom is -0.352 e. The summed E-state index contributed by atoms with van der Waals surface area (Å²) in [7, 11) is -4.23. The number of aryl methyl sites for hydroxylation is 1. The number of rotatable bonds is 11. The van der Waals surface area contributed by atoms with Crippen molar-refractivity contribution in [3.63, 3.8) is 0 Å². The highest BCUT2D eigenvalue weighted by molar-refractivity contribution is 7.92. The van der Waals surface area contributed by atoms with Gasteiger partial charge in [-0.2, -0.15) is 0 Å². The summed E-state index contributed by atoms with van der Waals surface area (Å²) >= 11 is 12.7. The first-order chi connectivity index (χ1) is 18.4. The zero-order chi connectivity index (χ0) is 28.7. The van der Waals surface area contributed by atoms with Crippen molar-refractivity contribution in [2.24, 2.45) is 0 Å². The van der Waals surface area contributed by atoms with Gasteiger partial charge in [-0.3, -0.25) is 13.9 Å². The molecule has 0 unspecified atom stereocenters. The topological polar surface area (TPSA) is 86.8 Å². The molecular weight excluding hydrogens is 557 g/mol. The van der Waals surface area contributed by atoms with Crippen molar-refractivity contribution >= 4 is 50.7 Å². The number of sulfonamides is 1. The molecule has 0 saturated heterocycles. The number of nitrogens with one attached hydrogen (secondary N) is 1. The predicted molar refractivity (Wildman–Crippen MR) is 157 cm³/mol. The average Bonchev–Trinajstić information content (AvgIpc) is 2.89. The van der Waals surface area contributed by atoms with Gasteiger partial charge in [-0.05, 0) is 57.0 Å². The number of carbonyl (C=O) groups is 2. The quantitative estimate of drug-likeness (QED) is 0.305. The van der Waals surface area contributed by atoms with Crippen LogP contribution in [0.1, 0.15) is 38.3 Å². The van der Waals surface area contributed by atoms with Gasteiger partial charge in [0.05, 0.1) is 20.6 Å². The molecule has 0 aliphatic heterocycles. The van der Waals surface area contributed by atoms with E-state index >= 15 is 0 Å². The molecule has 0 aromatic heterocycles. The minimum absolute atomic E-state index is 0.00120. The van der Waals surface area contributed by atoms with E-state index in [0.717, 1.165) is 15.4 Å². The summed E-state index contributed by atoms with van der Waals surface area (Å²) in [5, 5.41) is 3.03. The van der Waals surface area contributed by atoms with Crippen LogP contribution in [0.25, 0.3) is 0 Å². The van der Waals surface area contributed by atoms with Crippen LogP contribution in [0.5, 0.6) is 0 Å². The van der Waals surface area contributed by atoms with E-state index in [1.165, 1.54) is 29.2 Å². The normalized spacial score (nSPS) is 12.2. The van der Waals surface area contributed by atoms with E-state index in [2.05, 4.69) is 5.32 Å². The highest BCUT2D eigenvalue weighted by Crippen LogP contribution is 2.35. The van der Waals surface area contributed by atoms with Gasteiger partial charge in [0.15, 0.2) is 0 Å². The predicted octanol–water partition coefficient (Wildman–Crippen LogP) is 5.83. The summed E-state index contributed by atoms with van der Waals surface area (Å²) in [6.07, 6.45) is 0.333. The fourth-order valence-corrected chi connectivity index (χ4v) is 6.12. The monoisotopic (exact) mass is 589 g/mol. The largest absolute Gasteiger partial charge is 0.352 e. The lowest BCUT2D eigenvalue weighted by Gasteiger charge is -2.33. The number of nitrogens with zero attached hydrogens (tertiary/aromatic N) is 2. The van der Waals surface area contributed by atoms with Gasteiger partial charge in [-0.15, -0.1) is 0 Å². The van der Waals surface area contributed by atoms with E-state index in [9.17, 15) is 18.0 Å². The fraction of sp³-hybridized carbons (Fsp3) is 0.310. The zero-order valence-electron chi connectivity index (χ0n) is 22.4. The molecule has 0 aliphatic rings. The molecule has 208 valence electrons. The van der Waals surface area contributed by atoms with Crippen molar-refractivity contribution in [1.82, 2.24) is 10.2 Å². The second kappa shape index (κ2) is 13.3. The van der Waals surface area contributed by atoms with Crippen LogP contribution < -0.4 is 9.62 Å². The van der Waals surface area contributed by atoms with E-state index in [4.69, 9.17) is 23.2 Å². The molecule has 0 bridgehead atoms. The minimum atomic E-state index is -4.23. The number of hydrogen-bond acceptors (Lipinski definition) is 4. The van der Waals surface area contributed by atoms with Crippen LogP contribution in [-0.2, 0) is 26.2 Å². The van der Waals surface area contributed by atoms with E-state index in [0.29, 0.717) is 6.42 Å². The number of benzene rings is 3. The number of amides is 2. The molecule has 3 aromatic carbocycles. The Labute approximate surface area is 240 Å². The summed E-state index contributed by atoms with van der Waals surface area (Å²) < 4.78 is 28.7. The summed E-state index contributed by atoms with van der Waals surface area (Å²) in [5.74, 6) is -0.871. The molecule has 10 heteroatoms. The van der Waals surface area contributed by atoms with Crippen molar-refractivity contribution in [3.05, 3.63) is 94.0 Å². The van der Waals surface area contributed by atoms with Crippen molar-refractivity contribution in [2.75, 3.05) is 10.8 Å². The summed E-state index contributed by atoms with van der Waals surface area (Å²) in [6, 6.07) is 19.0. The second-order valence-corrected chi connectivity index (χ2v) is 12.1. The lowest BCUT2D eigenvalue weighted by atomic mass is 10.1. The zero-order valence-corrected chi connectivity index (χ0v) is 24.7. The van der Waals surface area contributed by atoms with Gasteiger partial charge in [0, 0.05) is 12.6 Å². The lowest BCUT2D eigenvalue weighted by molar-refractivity contribution is -0.140. The first-order valence-corrected chi connectivity index (χ1v) is 14.8. The Bertz CT molecular complexity index is 1420. The molecule has 0 aliphatic carbocycles. The molecule has 0 spiro atoms. The maximum atomic E-state index is 14.0. The van der Waals surface area contributed by atoms with Crippen molar-refractivity contribution in [1.29, 1.82) is 0 Å². The van der Waals surface area contributed by atoms with Crippen molar-refractivity contribution < 1.29 is 18.0 Å². The summed E-state index contributed by atoms with van der Waals surface area (Å²) in [4.78, 5) is 28.6. The number of halogens is 2. The fourth-order valence-electron chi connectivity index (χ4n) is 4.23. The average molecular weight is 591 g/mol. The summed E-state index contributed by atoms with van der Waals surface area (Å²) in [6.45, 7) is 6.96. The van der Waals surface area contributed by atoms with Gasteiger partial charge in [-0.1, -0.05) is 84.2 Å². The third-order valence-corrected chi connectivity index (χ3v) is 8.65. The van der Waals surface area contributed by atoms with Crippen LogP contribution in [0.15, 0.2) is 77.7 Å². The number of anilines is 1. The van der Waals surface area contributed by atoms with Crippen LogP contribution in [0.4, 0.5) is 5.69 Å². The van der Waals surface area contributed by atoms with Gasteiger partial charge >= 0.3 is 0 Å². The van der Waals surface area contributed by atoms with E-state index < -0.39 is 28.5 Å². The molecule has 1 atom stereocenters. The SMILES string of the molecule is CC[C@@H](C(=O)NC(C)C)N(Cc1cccc(C)c1)C(=O)CN(c1cccc(Cl)c1Cl)S(=O)(=O)c1ccccc1. The second-order valence-electron chi connectivity index (χ2n) is 9.50. The lowest BCUT2D eigenvalue weighted by Crippen LogP contribution is -2.53. The Balaban J connectivity index is 2.10. The third kappa shape index (κ3) is 7.53. The number of carbonyl (C=O) groups excluding carboxylic acids is 2. The van der Waals surface area contributed by atoms with E-state index in [1.54, 1.807) is 24.3 Å². The smallest absolute Gasteiger partial charge is 0.264 e. The molecule has 2 amide bonds. The maximum Gasteiger partial charge on any atom is 0.264 e. The maximum absolute atomic E-state index is 14.0. The molecule has 0 saturated carbocycles. The van der Waals surface area contributed by atoms with Crippen LogP contribution in [-0.4, -0.2) is 43.8 Å². The summed E-state index contributed by atoms with van der Waals surface area (Å²) in [5.41, 5.74) is 1.88. The van der Waals surface area contributed by atoms with Gasteiger partial charge in [0.1, 0.15) is 12.6 Å². The molecule has 0 heterocycles. The standard InChI is InChI=1S/C29H33Cl2N3O4S/c1-5-25(29(36)32-20(2)3)33(18-22-12-9-11-21(4)17-22)27(35)19-34(26-16-10-15-24(30)28(26)31)39(37,38)23-13-7-6-8-14-23/h6-17,20,25H,5,18-19H2,1-4H3,(H,32,36)/t25-/m0/s1. The van der Waals surface area contributed by atoms with Gasteiger partial charge in [0.25, 0.3) is 10.0 Å². The third-order valence-electron chi connectivity index (χ3n) is 6.06. The van der Waals surface area contributed by atoms with Crippen molar-refractivity contribution in [2.45, 2.75) is 57.6 Å². The van der Waals surface area contributed by atoms with Gasteiger partial charge in [0.2, 0.25) is 11.8 Å². The van der Waals surface area contributed by atoms with Gasteiger partial charge < -0.3 is 10.2 Å². The Kier molecular flexibility index (Phi) is 10.4. The molecule has 1 N–H and O–H groups in total. The molecule has 39 heavy (non-hydrogen) atoms.